The summed E-state index contributed by atoms with van der Waals surface area (Å²) in [6.07, 6.45) is 0.583. The Labute approximate surface area is 173 Å². The number of nitrogens with zero attached hydrogens (tertiary/aromatic N) is 4. The molecule has 2 atom stereocenters. The third kappa shape index (κ3) is 5.64. The Hall–Kier alpha value is -2.25. The van der Waals surface area contributed by atoms with E-state index in [1.165, 1.54) is 0 Å². The molecule has 0 bridgehead atoms. The van der Waals surface area contributed by atoms with Crippen LogP contribution in [0.5, 0.6) is 0 Å². The molecule has 7 nitrogen and oxygen atoms in total. The lowest BCUT2D eigenvalue weighted by Crippen LogP contribution is -2.51. The Morgan fingerprint density at radius 1 is 1.10 bits per heavy atom. The molecule has 0 N–H and O–H groups in total. The van der Waals surface area contributed by atoms with Crippen molar-refractivity contribution in [3.63, 3.8) is 0 Å². The fourth-order valence-electron chi connectivity index (χ4n) is 3.40. The van der Waals surface area contributed by atoms with Crippen LogP contribution < -0.4 is 0 Å². The second kappa shape index (κ2) is 9.98. The van der Waals surface area contributed by atoms with Crippen LogP contribution in [0.3, 0.4) is 0 Å². The summed E-state index contributed by atoms with van der Waals surface area (Å²) in [4.78, 5) is 21.4. The smallest absolute Gasteiger partial charge is 0.251 e. The number of amides is 1. The van der Waals surface area contributed by atoms with Gasteiger partial charge in [0, 0.05) is 38.3 Å². The molecule has 3 rings (SSSR count). The molecule has 2 unspecified atom stereocenters. The van der Waals surface area contributed by atoms with E-state index in [0.717, 1.165) is 25.1 Å². The van der Waals surface area contributed by atoms with Gasteiger partial charge in [0.2, 0.25) is 11.7 Å². The van der Waals surface area contributed by atoms with E-state index in [1.807, 2.05) is 42.2 Å². The van der Waals surface area contributed by atoms with Crippen molar-refractivity contribution in [3.05, 3.63) is 36.2 Å². The van der Waals surface area contributed by atoms with Crippen LogP contribution in [0, 0.1) is 5.92 Å². The number of rotatable bonds is 8. The van der Waals surface area contributed by atoms with E-state index in [-0.39, 0.29) is 18.1 Å². The third-order valence-corrected chi connectivity index (χ3v) is 5.42. The summed E-state index contributed by atoms with van der Waals surface area (Å²) in [6.45, 7) is 11.8. The van der Waals surface area contributed by atoms with Crippen molar-refractivity contribution in [1.29, 1.82) is 0 Å². The quantitative estimate of drug-likeness (QED) is 0.676. The van der Waals surface area contributed by atoms with Gasteiger partial charge in [-0.1, -0.05) is 49.3 Å². The minimum atomic E-state index is -0.387. The first-order valence-electron chi connectivity index (χ1n) is 10.5. The monoisotopic (exact) mass is 400 g/mol. The zero-order valence-electron chi connectivity index (χ0n) is 17.9. The maximum atomic E-state index is 12.6. The minimum Gasteiger partial charge on any atom is -0.369 e. The average Bonchev–Trinajstić information content (AvgIpc) is 3.23. The van der Waals surface area contributed by atoms with E-state index in [0.29, 0.717) is 37.3 Å². The van der Waals surface area contributed by atoms with Crippen LogP contribution >= 0.6 is 0 Å². The van der Waals surface area contributed by atoms with E-state index in [1.54, 1.807) is 0 Å². The molecular formula is C22H32N4O3. The van der Waals surface area contributed by atoms with Gasteiger partial charge < -0.3 is 14.2 Å². The summed E-state index contributed by atoms with van der Waals surface area (Å²) >= 11 is 0. The molecule has 0 radical (unpaired) electrons. The molecule has 1 amide bonds. The number of ether oxygens (including phenoxy) is 1. The second-order valence-corrected chi connectivity index (χ2v) is 8.06. The predicted molar refractivity (Wildman–Crippen MR) is 111 cm³/mol. The van der Waals surface area contributed by atoms with E-state index < -0.39 is 0 Å². The van der Waals surface area contributed by atoms with Gasteiger partial charge in [-0.15, -0.1) is 0 Å². The molecule has 2 heterocycles. The number of hydrogen-bond acceptors (Lipinski definition) is 6. The van der Waals surface area contributed by atoms with Crippen molar-refractivity contribution in [2.45, 2.75) is 46.3 Å². The maximum absolute atomic E-state index is 12.6. The molecule has 158 valence electrons. The number of carbonyl (C=O) groups is 1. The first-order chi connectivity index (χ1) is 14.0. The number of carbonyl (C=O) groups excluding carboxylic acids is 1. The van der Waals surface area contributed by atoms with Crippen LogP contribution in [0.4, 0.5) is 0 Å². The molecule has 0 aliphatic carbocycles. The van der Waals surface area contributed by atoms with Crippen molar-refractivity contribution < 1.29 is 14.1 Å². The summed E-state index contributed by atoms with van der Waals surface area (Å²) in [5.41, 5.74) is 0.941. The summed E-state index contributed by atoms with van der Waals surface area (Å²) in [5.74, 6) is 1.86. The average molecular weight is 401 g/mol. The molecule has 2 aromatic rings. The van der Waals surface area contributed by atoms with Crippen molar-refractivity contribution in [2.75, 3.05) is 32.8 Å². The van der Waals surface area contributed by atoms with Crippen LogP contribution in [-0.2, 0) is 9.53 Å². The van der Waals surface area contributed by atoms with Crippen LogP contribution in [0.1, 0.15) is 46.0 Å². The first-order valence-corrected chi connectivity index (χ1v) is 10.5. The van der Waals surface area contributed by atoms with E-state index in [4.69, 9.17) is 9.26 Å². The van der Waals surface area contributed by atoms with Gasteiger partial charge in [0.15, 0.2) is 0 Å². The zero-order chi connectivity index (χ0) is 20.8. The summed E-state index contributed by atoms with van der Waals surface area (Å²) < 4.78 is 11.2. The Morgan fingerprint density at radius 3 is 2.45 bits per heavy atom. The molecule has 1 aromatic carbocycles. The fraction of sp³-hybridized carbons (Fsp3) is 0.591. The molecular weight excluding hydrogens is 368 g/mol. The van der Waals surface area contributed by atoms with E-state index in [2.05, 4.69) is 35.8 Å². The highest BCUT2D eigenvalue weighted by Gasteiger charge is 2.29. The Bertz CT molecular complexity index is 769. The lowest BCUT2D eigenvalue weighted by atomic mass is 10.1. The van der Waals surface area contributed by atoms with Gasteiger partial charge in [-0.05, 0) is 26.2 Å². The number of piperazine rings is 1. The molecule has 1 aliphatic heterocycles. The van der Waals surface area contributed by atoms with Crippen LogP contribution in [0.2, 0.25) is 0 Å². The lowest BCUT2D eigenvalue weighted by molar-refractivity contribution is -0.145. The molecule has 29 heavy (non-hydrogen) atoms. The third-order valence-electron chi connectivity index (χ3n) is 5.42. The van der Waals surface area contributed by atoms with Crippen molar-refractivity contribution in [2.24, 2.45) is 5.92 Å². The van der Waals surface area contributed by atoms with Gasteiger partial charge in [0.25, 0.3) is 5.91 Å². The highest BCUT2D eigenvalue weighted by molar-refractivity contribution is 5.80. The number of benzene rings is 1. The fourth-order valence-corrected chi connectivity index (χ4v) is 3.40. The van der Waals surface area contributed by atoms with Gasteiger partial charge in [-0.3, -0.25) is 9.69 Å². The highest BCUT2D eigenvalue weighted by Crippen LogP contribution is 2.23. The standard InChI is InChI=1S/C22H32N4O3/c1-16(2)10-15-28-18(4)22(27)26-13-11-25(12-14-26)17(3)21-23-20(24-29-21)19-8-6-5-7-9-19/h5-9,16-18H,10-15H2,1-4H3. The van der Waals surface area contributed by atoms with Gasteiger partial charge >= 0.3 is 0 Å². The predicted octanol–water partition coefficient (Wildman–Crippen LogP) is 3.39. The largest absolute Gasteiger partial charge is 0.369 e. The number of hydrogen-bond donors (Lipinski definition) is 0. The van der Waals surface area contributed by atoms with Gasteiger partial charge in [-0.25, -0.2) is 0 Å². The lowest BCUT2D eigenvalue weighted by Gasteiger charge is -2.37. The molecule has 0 saturated carbocycles. The van der Waals surface area contributed by atoms with Gasteiger partial charge in [-0.2, -0.15) is 4.98 Å². The van der Waals surface area contributed by atoms with E-state index in [9.17, 15) is 4.79 Å². The first kappa shape index (κ1) is 21.5. The van der Waals surface area contributed by atoms with Gasteiger partial charge in [0.05, 0.1) is 6.04 Å². The maximum Gasteiger partial charge on any atom is 0.251 e. The van der Waals surface area contributed by atoms with Crippen molar-refractivity contribution in [1.82, 2.24) is 19.9 Å². The van der Waals surface area contributed by atoms with Gasteiger partial charge in [0.1, 0.15) is 6.10 Å². The molecule has 0 spiro atoms. The Morgan fingerprint density at radius 2 is 1.79 bits per heavy atom. The highest BCUT2D eigenvalue weighted by atomic mass is 16.5. The van der Waals surface area contributed by atoms with Crippen LogP contribution in [-0.4, -0.2) is 64.7 Å². The molecule has 1 saturated heterocycles. The number of aromatic nitrogens is 2. The zero-order valence-corrected chi connectivity index (χ0v) is 17.9. The normalized spacial score (nSPS) is 17.5. The Kier molecular flexibility index (Phi) is 7.39. The second-order valence-electron chi connectivity index (χ2n) is 8.06. The Balaban J connectivity index is 1.50. The van der Waals surface area contributed by atoms with Crippen molar-refractivity contribution in [3.8, 4) is 11.4 Å². The molecule has 1 fully saturated rings. The summed E-state index contributed by atoms with van der Waals surface area (Å²) in [6, 6.07) is 9.82. The summed E-state index contributed by atoms with van der Waals surface area (Å²) in [7, 11) is 0. The molecule has 1 aromatic heterocycles. The molecule has 1 aliphatic rings. The van der Waals surface area contributed by atoms with Crippen LogP contribution in [0.25, 0.3) is 11.4 Å². The molecule has 7 heteroatoms. The van der Waals surface area contributed by atoms with E-state index >= 15 is 0 Å². The van der Waals surface area contributed by atoms with Crippen molar-refractivity contribution >= 4 is 5.91 Å². The summed E-state index contributed by atoms with van der Waals surface area (Å²) in [5, 5.41) is 4.12. The van der Waals surface area contributed by atoms with Crippen LogP contribution in [0.15, 0.2) is 34.9 Å². The SMILES string of the molecule is CC(C)CCOC(C)C(=O)N1CCN(C(C)c2nc(-c3ccccc3)no2)CC1. The topological polar surface area (TPSA) is 71.7 Å². The minimum absolute atomic E-state index is 0.0110.